The first kappa shape index (κ1) is 19.2. The third-order valence-corrected chi connectivity index (χ3v) is 5.36. The summed E-state index contributed by atoms with van der Waals surface area (Å²) in [6.07, 6.45) is 3.43. The first-order valence-electron chi connectivity index (χ1n) is 8.95. The fourth-order valence-electron chi connectivity index (χ4n) is 3.19. The Kier molecular flexibility index (Phi) is 5.90. The van der Waals surface area contributed by atoms with Crippen LogP contribution in [0.15, 0.2) is 23.0 Å². The number of unbranched alkanes of at least 4 members (excludes halogenated alkanes) is 2. The lowest BCUT2D eigenvalue weighted by Crippen LogP contribution is -2.48. The van der Waals surface area contributed by atoms with Crippen LogP contribution in [-0.4, -0.2) is 27.7 Å². The third kappa shape index (κ3) is 3.75. The molecule has 1 aromatic heterocycles. The molecule has 0 bridgehead atoms. The van der Waals surface area contributed by atoms with Crippen molar-refractivity contribution >= 4 is 34.8 Å². The summed E-state index contributed by atoms with van der Waals surface area (Å²) in [5, 5.41) is 1.13. The Hall–Kier alpha value is -1.56. The fourth-order valence-corrected chi connectivity index (χ4v) is 3.71. The Morgan fingerprint density at radius 3 is 2.62 bits per heavy atom. The van der Waals surface area contributed by atoms with Crippen molar-refractivity contribution in [1.29, 1.82) is 0 Å². The Bertz CT molecular complexity index is 865. The molecule has 5 nitrogen and oxygen atoms in total. The van der Waals surface area contributed by atoms with Crippen molar-refractivity contribution in [3.8, 4) is 0 Å². The molecule has 2 heterocycles. The quantitative estimate of drug-likeness (QED) is 0.687. The zero-order valence-electron chi connectivity index (χ0n) is 15.4. The van der Waals surface area contributed by atoms with Gasteiger partial charge >= 0.3 is 0 Å². The summed E-state index contributed by atoms with van der Waals surface area (Å²) in [5.41, 5.74) is 2.24. The second kappa shape index (κ2) is 7.99. The van der Waals surface area contributed by atoms with Gasteiger partial charge in [-0.25, -0.2) is 4.98 Å². The van der Waals surface area contributed by atoms with E-state index in [2.05, 4.69) is 11.8 Å². The van der Waals surface area contributed by atoms with Crippen LogP contribution in [0.4, 0.5) is 11.6 Å². The molecule has 26 heavy (non-hydrogen) atoms. The Labute approximate surface area is 164 Å². The van der Waals surface area contributed by atoms with Crippen LogP contribution in [0.5, 0.6) is 0 Å². The molecule has 2 aromatic rings. The van der Waals surface area contributed by atoms with E-state index in [0.29, 0.717) is 34.9 Å². The number of benzene rings is 1. The van der Waals surface area contributed by atoms with Crippen LogP contribution in [-0.2, 0) is 6.67 Å². The van der Waals surface area contributed by atoms with Crippen molar-refractivity contribution in [3.63, 3.8) is 0 Å². The molecule has 0 amide bonds. The number of halogens is 2. The highest BCUT2D eigenvalue weighted by atomic mass is 35.5. The molecule has 0 atom stereocenters. The number of nitrogens with zero attached hydrogens (tertiary/aromatic N) is 4. The van der Waals surface area contributed by atoms with Crippen LogP contribution in [0.2, 0.25) is 10.0 Å². The van der Waals surface area contributed by atoms with E-state index in [4.69, 9.17) is 28.2 Å². The summed E-state index contributed by atoms with van der Waals surface area (Å²) in [6.45, 7) is 7.99. The summed E-state index contributed by atoms with van der Waals surface area (Å²) in [5.74, 6) is 0.633. The Balaban J connectivity index is 2.06. The zero-order valence-corrected chi connectivity index (χ0v) is 16.9. The van der Waals surface area contributed by atoms with Crippen LogP contribution in [0.1, 0.15) is 37.4 Å². The molecular weight excluding hydrogens is 371 g/mol. The van der Waals surface area contributed by atoms with Crippen LogP contribution >= 0.6 is 23.2 Å². The molecule has 0 unspecified atom stereocenters. The van der Waals surface area contributed by atoms with Gasteiger partial charge in [-0.1, -0.05) is 43.0 Å². The van der Waals surface area contributed by atoms with Crippen LogP contribution in [0.3, 0.4) is 0 Å². The lowest BCUT2D eigenvalue weighted by molar-refractivity contribution is 0.194. The van der Waals surface area contributed by atoms with Crippen LogP contribution in [0.25, 0.3) is 0 Å². The second-order valence-corrected chi connectivity index (χ2v) is 7.61. The number of aryl methyl sites for hydroxylation is 1. The van der Waals surface area contributed by atoms with Gasteiger partial charge < -0.3 is 0 Å². The van der Waals surface area contributed by atoms with Crippen molar-refractivity contribution in [1.82, 2.24) is 14.5 Å². The van der Waals surface area contributed by atoms with Gasteiger partial charge in [0.05, 0.1) is 24.0 Å². The Morgan fingerprint density at radius 2 is 1.92 bits per heavy atom. The molecular formula is C19H24Cl2N4O. The number of fused-ring (bicyclic) bond motifs is 1. The van der Waals surface area contributed by atoms with E-state index in [9.17, 15) is 4.79 Å². The van der Waals surface area contributed by atoms with E-state index in [1.165, 1.54) is 6.42 Å². The molecule has 0 spiro atoms. The number of hydrogen-bond donors (Lipinski definition) is 0. The van der Waals surface area contributed by atoms with Gasteiger partial charge in [-0.2, -0.15) is 0 Å². The van der Waals surface area contributed by atoms with E-state index < -0.39 is 0 Å². The molecule has 0 aliphatic carbocycles. The van der Waals surface area contributed by atoms with Gasteiger partial charge in [0, 0.05) is 22.8 Å². The lowest BCUT2D eigenvalue weighted by Gasteiger charge is -2.38. The average molecular weight is 395 g/mol. The SMILES string of the molecule is CCCCCN1CN(c2ccc(Cl)cc2Cl)c2nc(C)c(C)c(=O)n2C1. The minimum absolute atomic E-state index is 0.00257. The van der Waals surface area contributed by atoms with E-state index >= 15 is 0 Å². The molecule has 1 aromatic carbocycles. The van der Waals surface area contributed by atoms with Gasteiger partial charge in [0.15, 0.2) is 0 Å². The van der Waals surface area contributed by atoms with Crippen LogP contribution < -0.4 is 10.5 Å². The number of aromatic nitrogens is 2. The van der Waals surface area contributed by atoms with Crippen molar-refractivity contribution < 1.29 is 0 Å². The second-order valence-electron chi connectivity index (χ2n) is 6.76. The van der Waals surface area contributed by atoms with Gasteiger partial charge in [0.1, 0.15) is 0 Å². The smallest absolute Gasteiger partial charge is 0.259 e. The summed E-state index contributed by atoms with van der Waals surface area (Å²) >= 11 is 12.5. The van der Waals surface area contributed by atoms with Gasteiger partial charge in [0.25, 0.3) is 5.56 Å². The maximum atomic E-state index is 12.8. The maximum absolute atomic E-state index is 12.8. The average Bonchev–Trinajstić information content (AvgIpc) is 2.60. The highest BCUT2D eigenvalue weighted by Crippen LogP contribution is 2.34. The molecule has 0 fully saturated rings. The highest BCUT2D eigenvalue weighted by Gasteiger charge is 2.28. The summed E-state index contributed by atoms with van der Waals surface area (Å²) < 4.78 is 1.74. The van der Waals surface area contributed by atoms with Crippen molar-refractivity contribution in [3.05, 3.63) is 49.9 Å². The van der Waals surface area contributed by atoms with Gasteiger partial charge in [-0.15, -0.1) is 0 Å². The van der Waals surface area contributed by atoms with E-state index in [-0.39, 0.29) is 5.56 Å². The zero-order chi connectivity index (χ0) is 18.8. The molecule has 0 saturated heterocycles. The summed E-state index contributed by atoms with van der Waals surface area (Å²) in [6, 6.07) is 5.41. The Morgan fingerprint density at radius 1 is 1.15 bits per heavy atom. The summed E-state index contributed by atoms with van der Waals surface area (Å²) in [4.78, 5) is 21.8. The van der Waals surface area contributed by atoms with Gasteiger partial charge in [0.2, 0.25) is 5.95 Å². The van der Waals surface area contributed by atoms with E-state index in [1.807, 2.05) is 30.9 Å². The monoisotopic (exact) mass is 394 g/mol. The van der Waals surface area contributed by atoms with Crippen LogP contribution in [0, 0.1) is 13.8 Å². The number of hydrogen-bond acceptors (Lipinski definition) is 4. The largest absolute Gasteiger partial charge is 0.297 e. The maximum Gasteiger partial charge on any atom is 0.259 e. The standard InChI is InChI=1S/C19H24Cl2N4O/c1-4-5-6-9-23-11-24(17-8-7-15(20)10-16(17)21)19-22-14(3)13(2)18(26)25(19)12-23/h7-8,10H,4-6,9,11-12H2,1-3H3. The van der Waals surface area contributed by atoms with Crippen molar-refractivity contribution in [2.45, 2.75) is 46.7 Å². The molecule has 3 rings (SSSR count). The molecule has 1 aliphatic rings. The molecule has 0 radical (unpaired) electrons. The lowest BCUT2D eigenvalue weighted by atomic mass is 10.2. The number of anilines is 2. The fraction of sp³-hybridized carbons (Fsp3) is 0.474. The highest BCUT2D eigenvalue weighted by molar-refractivity contribution is 6.36. The van der Waals surface area contributed by atoms with E-state index in [1.54, 1.807) is 10.6 Å². The first-order valence-corrected chi connectivity index (χ1v) is 9.71. The predicted molar refractivity (Wildman–Crippen MR) is 108 cm³/mol. The molecule has 0 saturated carbocycles. The third-order valence-electron chi connectivity index (χ3n) is 4.82. The topological polar surface area (TPSA) is 41.4 Å². The first-order chi connectivity index (χ1) is 12.4. The molecule has 140 valence electrons. The minimum Gasteiger partial charge on any atom is -0.297 e. The molecule has 1 aliphatic heterocycles. The number of rotatable bonds is 5. The predicted octanol–water partition coefficient (Wildman–Crippen LogP) is 4.73. The van der Waals surface area contributed by atoms with Gasteiger partial charge in [-0.05, 0) is 38.5 Å². The van der Waals surface area contributed by atoms with Gasteiger partial charge in [-0.3, -0.25) is 19.2 Å². The normalized spacial score (nSPS) is 14.6. The molecule has 0 N–H and O–H groups in total. The summed E-state index contributed by atoms with van der Waals surface area (Å²) in [7, 11) is 0. The molecule has 7 heteroatoms. The van der Waals surface area contributed by atoms with Crippen molar-refractivity contribution in [2.24, 2.45) is 0 Å². The minimum atomic E-state index is 0.00257. The van der Waals surface area contributed by atoms with Crippen molar-refractivity contribution in [2.75, 3.05) is 18.1 Å². The van der Waals surface area contributed by atoms with E-state index in [0.717, 1.165) is 30.8 Å².